The zero-order valence-electron chi connectivity index (χ0n) is 20.4. The highest BCUT2D eigenvalue weighted by atomic mass is 32.1. The molecule has 0 atom stereocenters. The van der Waals surface area contributed by atoms with Crippen LogP contribution < -0.4 is 15.0 Å². The summed E-state index contributed by atoms with van der Waals surface area (Å²) < 4.78 is 5.77. The molecule has 0 fully saturated rings. The number of rotatable bonds is 10. The van der Waals surface area contributed by atoms with E-state index in [1.54, 1.807) is 4.90 Å². The fourth-order valence-electron chi connectivity index (χ4n) is 3.73. The van der Waals surface area contributed by atoms with E-state index in [2.05, 4.69) is 10.3 Å². The number of amides is 2. The largest absolute Gasteiger partial charge is 0.486 e. The second-order valence-corrected chi connectivity index (χ2v) is 9.35. The van der Waals surface area contributed by atoms with Gasteiger partial charge in [-0.3, -0.25) is 9.59 Å². The van der Waals surface area contributed by atoms with E-state index in [-0.39, 0.29) is 18.2 Å². The lowest BCUT2D eigenvalue weighted by molar-refractivity contribution is -0.118. The summed E-state index contributed by atoms with van der Waals surface area (Å²) in [6.07, 6.45) is 0.479. The molecule has 0 saturated heterocycles. The maximum Gasteiger partial charge on any atom is 0.231 e. The normalized spacial score (nSPS) is 10.6. The van der Waals surface area contributed by atoms with Crippen molar-refractivity contribution in [3.8, 4) is 5.75 Å². The molecule has 1 heterocycles. The number of likely N-dealkylation sites (N-methyl/N-ethyl adjacent to an activating group) is 1. The van der Waals surface area contributed by atoms with Gasteiger partial charge in [-0.2, -0.15) is 0 Å². The van der Waals surface area contributed by atoms with Gasteiger partial charge in [0.2, 0.25) is 11.8 Å². The van der Waals surface area contributed by atoms with Crippen LogP contribution in [0.5, 0.6) is 5.75 Å². The van der Waals surface area contributed by atoms with Gasteiger partial charge in [0.15, 0.2) is 0 Å². The molecule has 0 spiro atoms. The molecular weight excluding hydrogens is 470 g/mol. The van der Waals surface area contributed by atoms with Gasteiger partial charge < -0.3 is 15.0 Å². The summed E-state index contributed by atoms with van der Waals surface area (Å²) in [5.41, 5.74) is 4.36. The first-order valence-electron chi connectivity index (χ1n) is 11.9. The molecule has 0 unspecified atom stereocenters. The number of thiazole rings is 1. The van der Waals surface area contributed by atoms with Crippen molar-refractivity contribution in [1.29, 1.82) is 0 Å². The van der Waals surface area contributed by atoms with Gasteiger partial charge in [-0.1, -0.05) is 48.0 Å². The first-order valence-corrected chi connectivity index (χ1v) is 12.7. The number of nitrogens with zero attached hydrogens (tertiary/aromatic N) is 2. The lowest BCUT2D eigenvalue weighted by Crippen LogP contribution is -2.31. The van der Waals surface area contributed by atoms with Gasteiger partial charge in [-0.15, -0.1) is 11.3 Å². The van der Waals surface area contributed by atoms with Crippen LogP contribution in [0.25, 0.3) is 0 Å². The van der Waals surface area contributed by atoms with Crippen LogP contribution in [-0.2, 0) is 29.0 Å². The lowest BCUT2D eigenvalue weighted by atomic mass is 10.1. The fourth-order valence-corrected chi connectivity index (χ4v) is 4.44. The molecule has 4 aromatic rings. The predicted molar refractivity (Wildman–Crippen MR) is 145 cm³/mol. The molecule has 0 saturated carbocycles. The molecule has 4 rings (SSSR count). The maximum absolute atomic E-state index is 12.8. The highest BCUT2D eigenvalue weighted by Gasteiger charge is 2.14. The van der Waals surface area contributed by atoms with Crippen LogP contribution in [0.15, 0.2) is 84.2 Å². The standard InChI is InChI=1S/C29H29N3O3S/c1-3-32(25-7-5-4-6-8-25)29(34)17-22-11-13-23(14-12-22)30-27(33)18-24-20-36-28(31-24)19-35-26-15-9-21(2)10-16-26/h4-16,20H,3,17-19H2,1-2H3,(H,30,33). The summed E-state index contributed by atoms with van der Waals surface area (Å²) in [5, 5.41) is 5.61. The van der Waals surface area contributed by atoms with Crippen molar-refractivity contribution in [2.75, 3.05) is 16.8 Å². The molecule has 0 aliphatic carbocycles. The van der Waals surface area contributed by atoms with Crippen LogP contribution in [0.3, 0.4) is 0 Å². The topological polar surface area (TPSA) is 71.5 Å². The minimum absolute atomic E-state index is 0.0335. The molecule has 36 heavy (non-hydrogen) atoms. The average molecular weight is 500 g/mol. The van der Waals surface area contributed by atoms with Crippen molar-refractivity contribution >= 4 is 34.5 Å². The second-order valence-electron chi connectivity index (χ2n) is 8.41. The lowest BCUT2D eigenvalue weighted by Gasteiger charge is -2.21. The molecule has 0 radical (unpaired) electrons. The molecule has 0 aliphatic heterocycles. The number of benzene rings is 3. The highest BCUT2D eigenvalue weighted by Crippen LogP contribution is 2.18. The van der Waals surface area contributed by atoms with Gasteiger partial charge in [0.05, 0.1) is 18.5 Å². The Balaban J connectivity index is 1.26. The highest BCUT2D eigenvalue weighted by molar-refractivity contribution is 7.09. The molecule has 7 heteroatoms. The van der Waals surface area contributed by atoms with Crippen molar-refractivity contribution in [1.82, 2.24) is 4.98 Å². The summed E-state index contributed by atoms with van der Waals surface area (Å²) in [6.45, 7) is 4.97. The van der Waals surface area contributed by atoms with E-state index in [1.807, 2.05) is 98.1 Å². The number of carbonyl (C=O) groups is 2. The van der Waals surface area contributed by atoms with Crippen LogP contribution in [-0.4, -0.2) is 23.3 Å². The Labute approximate surface area is 215 Å². The fraction of sp³-hybridized carbons (Fsp3) is 0.207. The number of carbonyl (C=O) groups excluding carboxylic acids is 2. The molecule has 1 aromatic heterocycles. The van der Waals surface area contributed by atoms with Gasteiger partial charge in [-0.05, 0) is 55.8 Å². The molecule has 6 nitrogen and oxygen atoms in total. The minimum Gasteiger partial charge on any atom is -0.486 e. The third-order valence-corrected chi connectivity index (χ3v) is 6.47. The number of aryl methyl sites for hydroxylation is 1. The van der Waals surface area contributed by atoms with E-state index in [1.165, 1.54) is 16.9 Å². The van der Waals surface area contributed by atoms with Crippen LogP contribution >= 0.6 is 11.3 Å². The zero-order valence-corrected chi connectivity index (χ0v) is 21.3. The molecule has 0 bridgehead atoms. The number of aromatic nitrogens is 1. The SMILES string of the molecule is CCN(C(=O)Cc1ccc(NC(=O)Cc2csc(COc3ccc(C)cc3)n2)cc1)c1ccccc1. The smallest absolute Gasteiger partial charge is 0.231 e. The second kappa shape index (κ2) is 12.1. The van der Waals surface area contributed by atoms with Gasteiger partial charge in [0.1, 0.15) is 17.4 Å². The Morgan fingerprint density at radius 1 is 0.944 bits per heavy atom. The monoisotopic (exact) mass is 499 g/mol. The molecule has 0 aliphatic rings. The molecule has 2 amide bonds. The van der Waals surface area contributed by atoms with Crippen molar-refractivity contribution in [3.05, 3.63) is 106 Å². The van der Waals surface area contributed by atoms with Gasteiger partial charge in [0, 0.05) is 23.3 Å². The van der Waals surface area contributed by atoms with Crippen LogP contribution in [0.2, 0.25) is 0 Å². The summed E-state index contributed by atoms with van der Waals surface area (Å²) in [6, 6.07) is 24.9. The maximum atomic E-state index is 12.8. The number of hydrogen-bond donors (Lipinski definition) is 1. The number of para-hydroxylation sites is 1. The first-order chi connectivity index (χ1) is 17.5. The van der Waals surface area contributed by atoms with Gasteiger partial charge in [-0.25, -0.2) is 4.98 Å². The van der Waals surface area contributed by atoms with E-state index in [0.29, 0.717) is 31.0 Å². The third-order valence-electron chi connectivity index (χ3n) is 5.60. The van der Waals surface area contributed by atoms with E-state index < -0.39 is 0 Å². The van der Waals surface area contributed by atoms with Crippen molar-refractivity contribution in [3.63, 3.8) is 0 Å². The molecule has 1 N–H and O–H groups in total. The Kier molecular flexibility index (Phi) is 8.47. The Morgan fingerprint density at radius 3 is 2.36 bits per heavy atom. The number of hydrogen-bond acceptors (Lipinski definition) is 5. The van der Waals surface area contributed by atoms with Gasteiger partial charge >= 0.3 is 0 Å². The summed E-state index contributed by atoms with van der Waals surface area (Å²) in [4.78, 5) is 31.6. The van der Waals surface area contributed by atoms with E-state index >= 15 is 0 Å². The number of nitrogens with one attached hydrogen (secondary N) is 1. The first kappa shape index (κ1) is 25.1. The van der Waals surface area contributed by atoms with Crippen molar-refractivity contribution in [2.45, 2.75) is 33.3 Å². The third kappa shape index (κ3) is 7.02. The van der Waals surface area contributed by atoms with Crippen molar-refractivity contribution in [2.24, 2.45) is 0 Å². The number of anilines is 2. The van der Waals surface area contributed by atoms with Crippen LogP contribution in [0, 0.1) is 6.92 Å². The van der Waals surface area contributed by atoms with Gasteiger partial charge in [0.25, 0.3) is 0 Å². The number of ether oxygens (including phenoxy) is 1. The summed E-state index contributed by atoms with van der Waals surface area (Å²) in [5.74, 6) is 0.685. The average Bonchev–Trinajstić information content (AvgIpc) is 3.33. The molecule has 3 aromatic carbocycles. The zero-order chi connectivity index (χ0) is 25.3. The van der Waals surface area contributed by atoms with E-state index in [0.717, 1.165) is 22.0 Å². The Hall–Kier alpha value is -3.97. The minimum atomic E-state index is -0.142. The summed E-state index contributed by atoms with van der Waals surface area (Å²) >= 11 is 1.48. The van der Waals surface area contributed by atoms with Crippen molar-refractivity contribution < 1.29 is 14.3 Å². The van der Waals surface area contributed by atoms with E-state index in [4.69, 9.17) is 4.74 Å². The molecule has 184 valence electrons. The van der Waals surface area contributed by atoms with E-state index in [9.17, 15) is 9.59 Å². The Morgan fingerprint density at radius 2 is 1.67 bits per heavy atom. The molecular formula is C29H29N3O3S. The van der Waals surface area contributed by atoms with Crippen LogP contribution in [0.4, 0.5) is 11.4 Å². The van der Waals surface area contributed by atoms with Crippen LogP contribution in [0.1, 0.15) is 28.8 Å². The summed E-state index contributed by atoms with van der Waals surface area (Å²) in [7, 11) is 0. The quantitative estimate of drug-likeness (QED) is 0.299. The Bertz CT molecular complexity index is 1290. The predicted octanol–water partition coefficient (Wildman–Crippen LogP) is 5.81.